The fraction of sp³-hybridized carbons (Fsp3) is 0.476. The van der Waals surface area contributed by atoms with Gasteiger partial charge in [0.1, 0.15) is 29.1 Å². The highest BCUT2D eigenvalue weighted by Gasteiger charge is 2.32. The Morgan fingerprint density at radius 1 is 1.21 bits per heavy atom. The Morgan fingerprint density at radius 3 is 2.52 bits per heavy atom. The third-order valence-corrected chi connectivity index (χ3v) is 5.73. The Hall–Kier alpha value is -2.87. The Balaban J connectivity index is 1.49. The van der Waals surface area contributed by atoms with Gasteiger partial charge in [0.15, 0.2) is 0 Å². The quantitative estimate of drug-likeness (QED) is 0.801. The third kappa shape index (κ3) is 3.98. The van der Waals surface area contributed by atoms with Crippen LogP contribution >= 0.6 is 0 Å². The number of primary amides is 1. The Labute approximate surface area is 169 Å². The molecule has 2 aliphatic rings. The van der Waals surface area contributed by atoms with Crippen molar-refractivity contribution in [3.63, 3.8) is 0 Å². The molecule has 0 unspecified atom stereocenters. The molecule has 1 aromatic carbocycles. The van der Waals surface area contributed by atoms with Crippen molar-refractivity contribution >= 4 is 11.8 Å². The van der Waals surface area contributed by atoms with E-state index in [1.165, 1.54) is 0 Å². The lowest BCUT2D eigenvalue weighted by Gasteiger charge is -2.32. The van der Waals surface area contributed by atoms with Gasteiger partial charge in [-0.2, -0.15) is 0 Å². The number of piperidine rings is 1. The molecule has 4 rings (SSSR count). The summed E-state index contributed by atoms with van der Waals surface area (Å²) >= 11 is 0. The van der Waals surface area contributed by atoms with Crippen LogP contribution in [0.2, 0.25) is 0 Å². The second-order valence-electron chi connectivity index (χ2n) is 7.54. The number of benzene rings is 1. The molecular formula is C21H26N4O4. The predicted octanol–water partition coefficient (Wildman–Crippen LogP) is 2.07. The number of imidazole rings is 1. The first-order valence-electron chi connectivity index (χ1n) is 10.0. The van der Waals surface area contributed by atoms with Crippen LogP contribution in [0.5, 0.6) is 5.75 Å². The lowest BCUT2D eigenvalue weighted by Crippen LogP contribution is -2.43. The van der Waals surface area contributed by atoms with Gasteiger partial charge in [-0.25, -0.2) is 4.98 Å². The molecular weight excluding hydrogens is 372 g/mol. The molecule has 2 saturated heterocycles. The number of hydrogen-bond acceptors (Lipinski definition) is 5. The van der Waals surface area contributed by atoms with Crippen LogP contribution in [0.4, 0.5) is 0 Å². The number of hydrogen-bond donors (Lipinski definition) is 2. The maximum absolute atomic E-state index is 12.5. The lowest BCUT2D eigenvalue weighted by molar-refractivity contribution is -0.142. The summed E-state index contributed by atoms with van der Waals surface area (Å²) in [6.07, 6.45) is 3.05. The number of H-pyrrole nitrogens is 1. The standard InChI is InChI=1S/C21H26N4O4/c1-28-15-6-4-13(5-7-15)17-18(19(22)26)24-20(23-17)14-8-10-25(11-9-14)21(27)16-3-2-12-29-16/h4-7,14,16H,2-3,8-12H2,1H3,(H2,22,26)(H,23,24)/t16-/m0/s1. The Bertz CT molecular complexity index is 879. The van der Waals surface area contributed by atoms with Gasteiger partial charge in [0.05, 0.1) is 7.11 Å². The Kier molecular flexibility index (Phi) is 5.53. The van der Waals surface area contributed by atoms with Crippen LogP contribution in [0.15, 0.2) is 24.3 Å². The molecule has 29 heavy (non-hydrogen) atoms. The smallest absolute Gasteiger partial charge is 0.267 e. The molecule has 0 aliphatic carbocycles. The second-order valence-corrected chi connectivity index (χ2v) is 7.54. The van der Waals surface area contributed by atoms with Gasteiger partial charge < -0.3 is 25.1 Å². The summed E-state index contributed by atoms with van der Waals surface area (Å²) in [6.45, 7) is 1.99. The summed E-state index contributed by atoms with van der Waals surface area (Å²) < 4.78 is 10.7. The highest BCUT2D eigenvalue weighted by atomic mass is 16.5. The van der Waals surface area contributed by atoms with Crippen molar-refractivity contribution < 1.29 is 19.1 Å². The molecule has 1 aromatic heterocycles. The maximum atomic E-state index is 12.5. The van der Waals surface area contributed by atoms with Gasteiger partial charge in [-0.3, -0.25) is 9.59 Å². The number of likely N-dealkylation sites (tertiary alicyclic amines) is 1. The van der Waals surface area contributed by atoms with Crippen LogP contribution in [-0.2, 0) is 9.53 Å². The van der Waals surface area contributed by atoms with E-state index in [4.69, 9.17) is 20.2 Å². The van der Waals surface area contributed by atoms with E-state index in [0.29, 0.717) is 31.1 Å². The number of amides is 2. The van der Waals surface area contributed by atoms with Gasteiger partial charge in [-0.05, 0) is 49.9 Å². The molecule has 3 heterocycles. The largest absolute Gasteiger partial charge is 0.497 e. The first kappa shape index (κ1) is 19.4. The number of nitrogens with zero attached hydrogens (tertiary/aromatic N) is 2. The van der Waals surface area contributed by atoms with Gasteiger partial charge in [0.2, 0.25) is 0 Å². The van der Waals surface area contributed by atoms with E-state index < -0.39 is 5.91 Å². The van der Waals surface area contributed by atoms with E-state index in [1.54, 1.807) is 7.11 Å². The number of rotatable bonds is 5. The normalized spacial score (nSPS) is 20.0. The van der Waals surface area contributed by atoms with E-state index in [-0.39, 0.29) is 17.9 Å². The minimum absolute atomic E-state index is 0.0946. The average Bonchev–Trinajstić information content (AvgIpc) is 3.44. The molecule has 0 radical (unpaired) electrons. The van der Waals surface area contributed by atoms with E-state index in [2.05, 4.69) is 4.98 Å². The van der Waals surface area contributed by atoms with Crippen LogP contribution in [0, 0.1) is 0 Å². The maximum Gasteiger partial charge on any atom is 0.267 e. The lowest BCUT2D eigenvalue weighted by atomic mass is 9.95. The molecule has 8 heteroatoms. The number of ether oxygens (including phenoxy) is 2. The highest BCUT2D eigenvalue weighted by Crippen LogP contribution is 2.31. The van der Waals surface area contributed by atoms with Crippen molar-refractivity contribution in [1.82, 2.24) is 14.9 Å². The number of aromatic amines is 1. The van der Waals surface area contributed by atoms with Gasteiger partial charge in [-0.1, -0.05) is 0 Å². The fourth-order valence-corrected chi connectivity index (χ4v) is 4.07. The monoisotopic (exact) mass is 398 g/mol. The Morgan fingerprint density at radius 2 is 1.93 bits per heavy atom. The van der Waals surface area contributed by atoms with E-state index in [1.807, 2.05) is 29.2 Å². The number of methoxy groups -OCH3 is 1. The van der Waals surface area contributed by atoms with E-state index in [9.17, 15) is 9.59 Å². The molecule has 0 bridgehead atoms. The number of carbonyl (C=O) groups excluding carboxylic acids is 2. The highest BCUT2D eigenvalue weighted by molar-refractivity contribution is 5.97. The van der Waals surface area contributed by atoms with Gasteiger partial charge >= 0.3 is 0 Å². The average molecular weight is 398 g/mol. The summed E-state index contributed by atoms with van der Waals surface area (Å²) in [4.78, 5) is 34.2. The predicted molar refractivity (Wildman–Crippen MR) is 107 cm³/mol. The zero-order chi connectivity index (χ0) is 20.4. The summed E-state index contributed by atoms with van der Waals surface area (Å²) in [5, 5.41) is 0. The summed E-state index contributed by atoms with van der Waals surface area (Å²) in [5.41, 5.74) is 7.24. The van der Waals surface area contributed by atoms with Gasteiger partial charge in [0, 0.05) is 31.2 Å². The van der Waals surface area contributed by atoms with Crippen molar-refractivity contribution in [2.24, 2.45) is 5.73 Å². The third-order valence-electron chi connectivity index (χ3n) is 5.73. The zero-order valence-electron chi connectivity index (χ0n) is 16.5. The van der Waals surface area contributed by atoms with Crippen LogP contribution in [-0.4, -0.2) is 59.6 Å². The van der Waals surface area contributed by atoms with E-state index >= 15 is 0 Å². The molecule has 8 nitrogen and oxygen atoms in total. The van der Waals surface area contributed by atoms with Crippen LogP contribution in [0.1, 0.15) is 47.9 Å². The molecule has 3 N–H and O–H groups in total. The second kappa shape index (κ2) is 8.24. The number of aromatic nitrogens is 2. The van der Waals surface area contributed by atoms with Crippen molar-refractivity contribution in [1.29, 1.82) is 0 Å². The molecule has 0 saturated carbocycles. The number of carbonyl (C=O) groups is 2. The molecule has 2 aliphatic heterocycles. The number of nitrogens with two attached hydrogens (primary N) is 1. The topological polar surface area (TPSA) is 111 Å². The zero-order valence-corrected chi connectivity index (χ0v) is 16.5. The summed E-state index contributed by atoms with van der Waals surface area (Å²) in [5.74, 6) is 1.17. The van der Waals surface area contributed by atoms with Gasteiger partial charge in [0.25, 0.3) is 11.8 Å². The SMILES string of the molecule is COc1ccc(-c2nc(C3CCN(C(=O)[C@@H]4CCCO4)CC3)[nH]c2C(N)=O)cc1. The summed E-state index contributed by atoms with van der Waals surface area (Å²) in [7, 11) is 1.60. The van der Waals surface area contributed by atoms with Crippen molar-refractivity contribution in [3.8, 4) is 17.0 Å². The molecule has 2 amide bonds. The van der Waals surface area contributed by atoms with Gasteiger partial charge in [-0.15, -0.1) is 0 Å². The minimum atomic E-state index is -0.541. The minimum Gasteiger partial charge on any atom is -0.497 e. The van der Waals surface area contributed by atoms with Crippen molar-refractivity contribution in [3.05, 3.63) is 35.8 Å². The molecule has 0 spiro atoms. The van der Waals surface area contributed by atoms with Crippen molar-refractivity contribution in [2.75, 3.05) is 26.8 Å². The molecule has 1 atom stereocenters. The number of nitrogens with one attached hydrogen (secondary N) is 1. The summed E-state index contributed by atoms with van der Waals surface area (Å²) in [6, 6.07) is 7.36. The molecule has 2 fully saturated rings. The first-order chi connectivity index (χ1) is 14.1. The molecule has 2 aromatic rings. The first-order valence-corrected chi connectivity index (χ1v) is 10.0. The fourth-order valence-electron chi connectivity index (χ4n) is 4.07. The van der Waals surface area contributed by atoms with Crippen molar-refractivity contribution in [2.45, 2.75) is 37.7 Å². The van der Waals surface area contributed by atoms with Crippen LogP contribution in [0.3, 0.4) is 0 Å². The van der Waals surface area contributed by atoms with E-state index in [0.717, 1.165) is 42.8 Å². The van der Waals surface area contributed by atoms with Crippen LogP contribution < -0.4 is 10.5 Å². The van der Waals surface area contributed by atoms with Crippen LogP contribution in [0.25, 0.3) is 11.3 Å². The molecule has 154 valence electrons.